The highest BCUT2D eigenvalue weighted by molar-refractivity contribution is 7.89. The van der Waals surface area contributed by atoms with Crippen molar-refractivity contribution in [2.45, 2.75) is 81.6 Å². The number of anilines is 1. The summed E-state index contributed by atoms with van der Waals surface area (Å²) in [6, 6.07) is 17.1. The van der Waals surface area contributed by atoms with Gasteiger partial charge in [0.15, 0.2) is 0 Å². The monoisotopic (exact) mass is 647 g/mol. The van der Waals surface area contributed by atoms with E-state index in [1.54, 1.807) is 16.4 Å². The normalized spacial score (nSPS) is 18.5. The quantitative estimate of drug-likeness (QED) is 0.254. The van der Waals surface area contributed by atoms with E-state index in [9.17, 15) is 16.8 Å². The number of benzene rings is 2. The van der Waals surface area contributed by atoms with Crippen LogP contribution in [-0.2, 0) is 20.2 Å². The van der Waals surface area contributed by atoms with Gasteiger partial charge in [-0.3, -0.25) is 0 Å². The Kier molecular flexibility index (Phi) is 13.1. The van der Waals surface area contributed by atoms with Crippen molar-refractivity contribution in [2.75, 3.05) is 58.3 Å². The predicted octanol–water partition coefficient (Wildman–Crippen LogP) is 4.80. The lowest BCUT2D eigenvalue weighted by Crippen LogP contribution is -2.45. The Bertz CT molecular complexity index is 1340. The van der Waals surface area contributed by atoms with Crippen LogP contribution in [0.1, 0.15) is 76.2 Å². The number of hydrogen-bond donors (Lipinski definition) is 2. The first-order chi connectivity index (χ1) is 21.0. The van der Waals surface area contributed by atoms with Crippen molar-refractivity contribution >= 4 is 25.9 Å². The SMILES string of the molecule is CC(CCN(CCCNS(=O)(=O)N1CCC(c2ccccc2)CC1)CC1CCCCC1)NS(=O)(=O)c1ccc(N(C)C)cc1. The molecular weight excluding hydrogens is 595 g/mol. The average Bonchev–Trinajstić information content (AvgIpc) is 3.02. The van der Waals surface area contributed by atoms with E-state index < -0.39 is 20.2 Å². The highest BCUT2D eigenvalue weighted by Gasteiger charge is 2.28. The lowest BCUT2D eigenvalue weighted by Gasteiger charge is -2.32. The molecule has 44 heavy (non-hydrogen) atoms. The highest BCUT2D eigenvalue weighted by atomic mass is 32.2. The number of nitrogens with zero attached hydrogens (tertiary/aromatic N) is 3. The molecule has 4 rings (SSSR count). The van der Waals surface area contributed by atoms with E-state index in [2.05, 4.69) is 26.5 Å². The van der Waals surface area contributed by atoms with Gasteiger partial charge in [-0.25, -0.2) is 17.9 Å². The Labute approximate surface area is 266 Å². The maximum Gasteiger partial charge on any atom is 0.279 e. The van der Waals surface area contributed by atoms with Crippen molar-refractivity contribution < 1.29 is 16.8 Å². The Morgan fingerprint density at radius 1 is 0.864 bits per heavy atom. The molecule has 0 spiro atoms. The van der Waals surface area contributed by atoms with Gasteiger partial charge in [-0.1, -0.05) is 49.6 Å². The van der Waals surface area contributed by atoms with E-state index in [-0.39, 0.29) is 10.9 Å². The van der Waals surface area contributed by atoms with Gasteiger partial charge in [-0.05, 0) is 100 Å². The fourth-order valence-electron chi connectivity index (χ4n) is 6.47. The summed E-state index contributed by atoms with van der Waals surface area (Å²) >= 11 is 0. The minimum absolute atomic E-state index is 0.223. The van der Waals surface area contributed by atoms with Gasteiger partial charge >= 0.3 is 0 Å². The Morgan fingerprint density at radius 2 is 1.52 bits per heavy atom. The summed E-state index contributed by atoms with van der Waals surface area (Å²) in [4.78, 5) is 4.62. The van der Waals surface area contributed by atoms with Crippen molar-refractivity contribution in [3.05, 3.63) is 60.2 Å². The van der Waals surface area contributed by atoms with E-state index in [1.165, 1.54) is 37.7 Å². The second-order valence-electron chi connectivity index (χ2n) is 12.8. The molecule has 9 nitrogen and oxygen atoms in total. The molecule has 0 bridgehead atoms. The molecule has 1 saturated carbocycles. The average molecular weight is 648 g/mol. The topological polar surface area (TPSA) is 102 Å². The molecule has 0 aromatic heterocycles. The molecular formula is C33H53N5O4S2. The first-order valence-corrected chi connectivity index (χ1v) is 19.3. The van der Waals surface area contributed by atoms with Crippen LogP contribution >= 0.6 is 0 Å². The van der Waals surface area contributed by atoms with Crippen molar-refractivity contribution in [3.63, 3.8) is 0 Å². The molecule has 1 atom stereocenters. The molecule has 11 heteroatoms. The van der Waals surface area contributed by atoms with Crippen LogP contribution in [0.15, 0.2) is 59.5 Å². The highest BCUT2D eigenvalue weighted by Crippen LogP contribution is 2.29. The predicted molar refractivity (Wildman–Crippen MR) is 180 cm³/mol. The van der Waals surface area contributed by atoms with Gasteiger partial charge in [0.25, 0.3) is 10.2 Å². The lowest BCUT2D eigenvalue weighted by atomic mass is 9.89. The molecule has 2 aromatic rings. The van der Waals surface area contributed by atoms with Crippen LogP contribution in [0.3, 0.4) is 0 Å². The Hall–Kier alpha value is -2.02. The van der Waals surface area contributed by atoms with E-state index >= 15 is 0 Å². The molecule has 1 saturated heterocycles. The summed E-state index contributed by atoms with van der Waals surface area (Å²) in [5.74, 6) is 1.06. The number of piperidine rings is 1. The summed E-state index contributed by atoms with van der Waals surface area (Å²) in [6.45, 7) is 5.91. The molecule has 246 valence electrons. The summed E-state index contributed by atoms with van der Waals surface area (Å²) in [6.07, 6.45) is 9.36. The number of hydrogen-bond acceptors (Lipinski definition) is 6. The number of rotatable bonds is 16. The van der Waals surface area contributed by atoms with Crippen LogP contribution in [0.2, 0.25) is 0 Å². The molecule has 1 heterocycles. The smallest absolute Gasteiger partial charge is 0.279 e. The van der Waals surface area contributed by atoms with Gasteiger partial charge in [-0.15, -0.1) is 0 Å². The lowest BCUT2D eigenvalue weighted by molar-refractivity contribution is 0.193. The molecule has 1 unspecified atom stereocenters. The Balaban J connectivity index is 1.24. The molecule has 2 N–H and O–H groups in total. The van der Waals surface area contributed by atoms with Crippen molar-refractivity contribution in [1.29, 1.82) is 0 Å². The third-order valence-corrected chi connectivity index (χ3v) is 12.4. The largest absolute Gasteiger partial charge is 0.378 e. The molecule has 2 aromatic carbocycles. The van der Waals surface area contributed by atoms with Gasteiger partial charge in [0, 0.05) is 52.0 Å². The zero-order valence-electron chi connectivity index (χ0n) is 26.8. The minimum Gasteiger partial charge on any atom is -0.378 e. The van der Waals surface area contributed by atoms with Gasteiger partial charge < -0.3 is 9.80 Å². The van der Waals surface area contributed by atoms with Gasteiger partial charge in [0.2, 0.25) is 10.0 Å². The fourth-order valence-corrected chi connectivity index (χ4v) is 9.02. The molecule has 0 radical (unpaired) electrons. The number of nitrogens with one attached hydrogen (secondary N) is 2. The molecule has 0 amide bonds. The maximum atomic E-state index is 13.0. The van der Waals surface area contributed by atoms with Gasteiger partial charge in [0.05, 0.1) is 4.90 Å². The zero-order chi connectivity index (χ0) is 31.6. The summed E-state index contributed by atoms with van der Waals surface area (Å²) < 4.78 is 59.4. The van der Waals surface area contributed by atoms with Gasteiger partial charge in [0.1, 0.15) is 0 Å². The second-order valence-corrected chi connectivity index (χ2v) is 16.3. The third kappa shape index (κ3) is 10.5. The first kappa shape index (κ1) is 34.8. The van der Waals surface area contributed by atoms with E-state index in [0.29, 0.717) is 44.3 Å². The van der Waals surface area contributed by atoms with E-state index in [4.69, 9.17) is 0 Å². The molecule has 1 aliphatic heterocycles. The zero-order valence-corrected chi connectivity index (χ0v) is 28.5. The van der Waals surface area contributed by atoms with Crippen molar-refractivity contribution in [3.8, 4) is 0 Å². The Morgan fingerprint density at radius 3 is 2.16 bits per heavy atom. The maximum absolute atomic E-state index is 13.0. The van der Waals surface area contributed by atoms with Crippen LogP contribution < -0.4 is 14.3 Å². The second kappa shape index (κ2) is 16.5. The van der Waals surface area contributed by atoms with Crippen molar-refractivity contribution in [1.82, 2.24) is 18.6 Å². The van der Waals surface area contributed by atoms with E-state index in [1.807, 2.05) is 56.3 Å². The molecule has 2 aliphatic rings. The summed E-state index contributed by atoms with van der Waals surface area (Å²) in [7, 11) is -3.27. The molecule has 2 fully saturated rings. The van der Waals surface area contributed by atoms with Gasteiger partial charge in [-0.2, -0.15) is 12.7 Å². The summed E-state index contributed by atoms with van der Waals surface area (Å²) in [5, 5.41) is 0. The van der Waals surface area contributed by atoms with Crippen LogP contribution in [0.5, 0.6) is 0 Å². The first-order valence-electron chi connectivity index (χ1n) is 16.4. The van der Waals surface area contributed by atoms with Crippen LogP contribution in [0, 0.1) is 5.92 Å². The summed E-state index contributed by atoms with van der Waals surface area (Å²) in [5.41, 5.74) is 2.24. The van der Waals surface area contributed by atoms with Crippen LogP contribution in [0.4, 0.5) is 5.69 Å². The van der Waals surface area contributed by atoms with Crippen LogP contribution in [0.25, 0.3) is 0 Å². The molecule has 1 aliphatic carbocycles. The van der Waals surface area contributed by atoms with E-state index in [0.717, 1.165) is 38.2 Å². The van der Waals surface area contributed by atoms with Crippen molar-refractivity contribution in [2.24, 2.45) is 5.92 Å². The number of sulfonamides is 1. The fraction of sp³-hybridized carbons (Fsp3) is 0.636. The standard InChI is InChI=1S/C33H53N5O4S2/c1-28(35-43(39,40)33-17-15-32(16-18-33)36(2)3)19-24-37(27-29-11-6-4-7-12-29)23-10-22-34-44(41,42)38-25-20-31(21-26-38)30-13-8-5-9-14-30/h5,8-9,13-18,28-29,31,34-35H,4,6-7,10-12,19-27H2,1-3H3. The van der Waals surface area contributed by atoms with Crippen LogP contribution in [-0.4, -0.2) is 85.4 Å². The minimum atomic E-state index is -3.61. The third-order valence-electron chi connectivity index (χ3n) is 9.14.